The van der Waals surface area contributed by atoms with Gasteiger partial charge in [0.1, 0.15) is 0 Å². The highest BCUT2D eigenvalue weighted by atomic mass is 15.1. The molecule has 2 heteroatoms. The first-order chi connectivity index (χ1) is 7.81. The summed E-state index contributed by atoms with van der Waals surface area (Å²) < 4.78 is 0. The van der Waals surface area contributed by atoms with E-state index in [1.165, 1.54) is 30.5 Å². The van der Waals surface area contributed by atoms with Crippen LogP contribution in [0.2, 0.25) is 0 Å². The molecule has 1 aromatic rings. The van der Waals surface area contributed by atoms with Crippen LogP contribution < -0.4 is 5.73 Å². The minimum Gasteiger partial charge on any atom is -0.326 e. The Balaban J connectivity index is 1.94. The summed E-state index contributed by atoms with van der Waals surface area (Å²) in [7, 11) is 0. The fourth-order valence-corrected chi connectivity index (χ4v) is 2.08. The van der Waals surface area contributed by atoms with E-state index in [0.717, 1.165) is 19.0 Å². The monoisotopic (exact) mass is 218 g/mol. The summed E-state index contributed by atoms with van der Waals surface area (Å²) >= 11 is 0. The molecular weight excluding hydrogens is 196 g/mol. The molecule has 2 nitrogen and oxygen atoms in total. The Hall–Kier alpha value is -0.860. The Morgan fingerprint density at radius 1 is 1.31 bits per heavy atom. The topological polar surface area (TPSA) is 29.3 Å². The van der Waals surface area contributed by atoms with E-state index >= 15 is 0 Å². The van der Waals surface area contributed by atoms with Gasteiger partial charge in [-0.15, -0.1) is 0 Å². The lowest BCUT2D eigenvalue weighted by Crippen LogP contribution is -2.25. The third kappa shape index (κ3) is 3.32. The molecule has 0 bridgehead atoms. The molecule has 0 spiro atoms. The molecule has 0 atom stereocenters. The summed E-state index contributed by atoms with van der Waals surface area (Å²) in [4.78, 5) is 2.54. The molecular formula is C14H22N2. The summed E-state index contributed by atoms with van der Waals surface area (Å²) in [5, 5.41) is 0. The molecule has 1 fully saturated rings. The molecule has 16 heavy (non-hydrogen) atoms. The van der Waals surface area contributed by atoms with Gasteiger partial charge in [0, 0.05) is 19.6 Å². The zero-order valence-electron chi connectivity index (χ0n) is 10.2. The van der Waals surface area contributed by atoms with Crippen molar-refractivity contribution in [1.82, 2.24) is 4.90 Å². The Kier molecular flexibility index (Phi) is 3.97. The summed E-state index contributed by atoms with van der Waals surface area (Å²) in [6, 6.07) is 8.65. The summed E-state index contributed by atoms with van der Waals surface area (Å²) in [5.74, 6) is 0.970. The number of benzene rings is 1. The zero-order chi connectivity index (χ0) is 11.4. The van der Waals surface area contributed by atoms with Gasteiger partial charge in [-0.05, 0) is 36.4 Å². The first kappa shape index (κ1) is 11.6. The van der Waals surface area contributed by atoms with E-state index in [4.69, 9.17) is 5.73 Å². The van der Waals surface area contributed by atoms with Gasteiger partial charge in [0.25, 0.3) is 0 Å². The van der Waals surface area contributed by atoms with E-state index in [9.17, 15) is 0 Å². The van der Waals surface area contributed by atoms with E-state index in [1.807, 2.05) is 0 Å². The van der Waals surface area contributed by atoms with Crippen molar-refractivity contribution in [3.63, 3.8) is 0 Å². The molecule has 1 aliphatic carbocycles. The highest BCUT2D eigenvalue weighted by Crippen LogP contribution is 2.30. The SMILES string of the molecule is CCN(Cc1cccc(CN)c1)CC1CC1. The van der Waals surface area contributed by atoms with Crippen LogP contribution in [0.5, 0.6) is 0 Å². The molecule has 1 aromatic carbocycles. The summed E-state index contributed by atoms with van der Waals surface area (Å²) in [5.41, 5.74) is 8.29. The smallest absolute Gasteiger partial charge is 0.0233 e. The number of nitrogens with zero attached hydrogens (tertiary/aromatic N) is 1. The second-order valence-corrected chi connectivity index (χ2v) is 4.80. The van der Waals surface area contributed by atoms with E-state index in [1.54, 1.807) is 0 Å². The Labute approximate surface area is 98.4 Å². The predicted molar refractivity (Wildman–Crippen MR) is 68.0 cm³/mol. The number of nitrogens with two attached hydrogens (primary N) is 1. The van der Waals surface area contributed by atoms with Crippen molar-refractivity contribution in [2.24, 2.45) is 11.7 Å². The highest BCUT2D eigenvalue weighted by Gasteiger charge is 2.23. The zero-order valence-corrected chi connectivity index (χ0v) is 10.2. The maximum absolute atomic E-state index is 5.66. The molecule has 0 aliphatic heterocycles. The maximum atomic E-state index is 5.66. The Morgan fingerprint density at radius 3 is 2.69 bits per heavy atom. The largest absolute Gasteiger partial charge is 0.326 e. The van der Waals surface area contributed by atoms with Gasteiger partial charge in [-0.1, -0.05) is 31.2 Å². The van der Waals surface area contributed by atoms with Crippen LogP contribution in [0.1, 0.15) is 30.9 Å². The Bertz CT molecular complexity index is 331. The minimum atomic E-state index is 0.641. The summed E-state index contributed by atoms with van der Waals surface area (Å²) in [6.07, 6.45) is 2.86. The molecule has 0 saturated heterocycles. The van der Waals surface area contributed by atoms with Crippen LogP contribution in [0.3, 0.4) is 0 Å². The van der Waals surface area contributed by atoms with Crippen LogP contribution in [0.4, 0.5) is 0 Å². The third-order valence-corrected chi connectivity index (χ3v) is 3.29. The normalized spacial score (nSPS) is 15.7. The average Bonchev–Trinajstić information content (AvgIpc) is 3.12. The lowest BCUT2D eigenvalue weighted by molar-refractivity contribution is 0.268. The molecule has 88 valence electrons. The minimum absolute atomic E-state index is 0.641. The molecule has 2 rings (SSSR count). The van der Waals surface area contributed by atoms with Crippen LogP contribution in [-0.4, -0.2) is 18.0 Å². The van der Waals surface area contributed by atoms with E-state index in [0.29, 0.717) is 6.54 Å². The standard InChI is InChI=1S/C14H22N2/c1-2-16(10-12-6-7-12)11-14-5-3-4-13(8-14)9-15/h3-5,8,12H,2,6-7,9-11,15H2,1H3. The molecule has 2 N–H and O–H groups in total. The van der Waals surface area contributed by atoms with Crippen molar-refractivity contribution in [2.45, 2.75) is 32.9 Å². The molecule has 0 aromatic heterocycles. The lowest BCUT2D eigenvalue weighted by atomic mass is 10.1. The molecule has 1 aliphatic rings. The molecule has 1 saturated carbocycles. The number of hydrogen-bond donors (Lipinski definition) is 1. The maximum Gasteiger partial charge on any atom is 0.0233 e. The fourth-order valence-electron chi connectivity index (χ4n) is 2.08. The van der Waals surface area contributed by atoms with Gasteiger partial charge in [0.15, 0.2) is 0 Å². The fraction of sp³-hybridized carbons (Fsp3) is 0.571. The van der Waals surface area contributed by atoms with Crippen molar-refractivity contribution < 1.29 is 0 Å². The predicted octanol–water partition coefficient (Wildman–Crippen LogP) is 2.38. The number of hydrogen-bond acceptors (Lipinski definition) is 2. The van der Waals surface area contributed by atoms with Crippen LogP contribution in [0.15, 0.2) is 24.3 Å². The van der Waals surface area contributed by atoms with Gasteiger partial charge >= 0.3 is 0 Å². The first-order valence-corrected chi connectivity index (χ1v) is 6.32. The second-order valence-electron chi connectivity index (χ2n) is 4.80. The summed E-state index contributed by atoms with van der Waals surface area (Å²) in [6.45, 7) is 6.37. The molecule has 0 radical (unpaired) electrons. The lowest BCUT2D eigenvalue weighted by Gasteiger charge is -2.20. The number of rotatable bonds is 6. The van der Waals surface area contributed by atoms with Gasteiger partial charge < -0.3 is 5.73 Å². The van der Waals surface area contributed by atoms with Crippen molar-refractivity contribution in [2.75, 3.05) is 13.1 Å². The van der Waals surface area contributed by atoms with Crippen molar-refractivity contribution >= 4 is 0 Å². The average molecular weight is 218 g/mol. The second kappa shape index (κ2) is 5.46. The molecule has 0 unspecified atom stereocenters. The Morgan fingerprint density at radius 2 is 2.06 bits per heavy atom. The van der Waals surface area contributed by atoms with Crippen molar-refractivity contribution in [1.29, 1.82) is 0 Å². The van der Waals surface area contributed by atoms with E-state index < -0.39 is 0 Å². The van der Waals surface area contributed by atoms with E-state index in [2.05, 4.69) is 36.1 Å². The van der Waals surface area contributed by atoms with E-state index in [-0.39, 0.29) is 0 Å². The van der Waals surface area contributed by atoms with Crippen molar-refractivity contribution in [3.05, 3.63) is 35.4 Å². The van der Waals surface area contributed by atoms with Gasteiger partial charge in [-0.3, -0.25) is 4.90 Å². The van der Waals surface area contributed by atoms with Crippen LogP contribution in [-0.2, 0) is 13.1 Å². The first-order valence-electron chi connectivity index (χ1n) is 6.32. The van der Waals surface area contributed by atoms with Crippen LogP contribution in [0.25, 0.3) is 0 Å². The van der Waals surface area contributed by atoms with Crippen molar-refractivity contribution in [3.8, 4) is 0 Å². The molecule has 0 amide bonds. The van der Waals surface area contributed by atoms with Crippen LogP contribution in [0, 0.1) is 5.92 Å². The van der Waals surface area contributed by atoms with Gasteiger partial charge in [0.2, 0.25) is 0 Å². The van der Waals surface area contributed by atoms with Crippen LogP contribution >= 0.6 is 0 Å². The highest BCUT2D eigenvalue weighted by molar-refractivity contribution is 5.23. The quantitative estimate of drug-likeness (QED) is 0.794. The third-order valence-electron chi connectivity index (χ3n) is 3.29. The van der Waals surface area contributed by atoms with Gasteiger partial charge in [-0.2, -0.15) is 0 Å². The molecule has 0 heterocycles. The van der Waals surface area contributed by atoms with Gasteiger partial charge in [0.05, 0.1) is 0 Å². The van der Waals surface area contributed by atoms with Gasteiger partial charge in [-0.25, -0.2) is 0 Å².